The third-order valence-electron chi connectivity index (χ3n) is 3.18. The number of aryl methyl sites for hydroxylation is 1. The summed E-state index contributed by atoms with van der Waals surface area (Å²) in [6, 6.07) is 4.89. The lowest BCUT2D eigenvalue weighted by atomic mass is 10.2. The summed E-state index contributed by atoms with van der Waals surface area (Å²) >= 11 is 0. The van der Waals surface area contributed by atoms with Crippen molar-refractivity contribution in [2.45, 2.75) is 19.5 Å². The first kappa shape index (κ1) is 15.7. The first-order valence-corrected chi connectivity index (χ1v) is 7.03. The second-order valence-corrected chi connectivity index (χ2v) is 4.73. The molecule has 2 aromatic rings. The molecule has 0 atom stereocenters. The van der Waals surface area contributed by atoms with Crippen molar-refractivity contribution in [2.75, 3.05) is 13.7 Å². The highest BCUT2D eigenvalue weighted by Gasteiger charge is 2.08. The van der Waals surface area contributed by atoms with E-state index in [0.29, 0.717) is 17.9 Å². The summed E-state index contributed by atoms with van der Waals surface area (Å²) in [4.78, 5) is 15.6. The molecule has 0 saturated heterocycles. The maximum Gasteiger partial charge on any atom is 0.315 e. The number of rotatable bonds is 7. The molecule has 0 aliphatic rings. The summed E-state index contributed by atoms with van der Waals surface area (Å²) in [6.07, 6.45) is 6.16. The standard InChI is InChI=1S/C15H20N4O3/c1-22-13-5-2-4-12(14(13)20)10-18-15(21)17-6-3-8-19-9-7-16-11-19/h2,4-5,7,9,11,20H,3,6,8,10H2,1H3,(H2,17,18,21). The number of imidazole rings is 1. The van der Waals surface area contributed by atoms with Crippen LogP contribution in [0.4, 0.5) is 4.79 Å². The molecule has 0 aliphatic carbocycles. The number of hydrogen-bond acceptors (Lipinski definition) is 4. The molecule has 118 valence electrons. The van der Waals surface area contributed by atoms with Gasteiger partial charge >= 0.3 is 6.03 Å². The first-order chi connectivity index (χ1) is 10.7. The van der Waals surface area contributed by atoms with E-state index < -0.39 is 0 Å². The van der Waals surface area contributed by atoms with Gasteiger partial charge in [0, 0.05) is 37.6 Å². The number of aromatic nitrogens is 2. The van der Waals surface area contributed by atoms with Gasteiger partial charge < -0.3 is 25.0 Å². The minimum atomic E-state index is -0.271. The number of carbonyl (C=O) groups excluding carboxylic acids is 1. The van der Waals surface area contributed by atoms with E-state index in [2.05, 4.69) is 15.6 Å². The Morgan fingerprint density at radius 2 is 2.27 bits per heavy atom. The fourth-order valence-electron chi connectivity index (χ4n) is 2.00. The minimum absolute atomic E-state index is 0.0467. The van der Waals surface area contributed by atoms with Crippen LogP contribution in [-0.2, 0) is 13.1 Å². The zero-order valence-corrected chi connectivity index (χ0v) is 12.5. The van der Waals surface area contributed by atoms with E-state index in [1.807, 2.05) is 10.8 Å². The van der Waals surface area contributed by atoms with Gasteiger partial charge in [-0.05, 0) is 12.5 Å². The molecular formula is C15H20N4O3. The summed E-state index contributed by atoms with van der Waals surface area (Å²) < 4.78 is 6.97. The SMILES string of the molecule is COc1cccc(CNC(=O)NCCCn2ccnc2)c1O. The average Bonchev–Trinajstić information content (AvgIpc) is 3.04. The molecule has 0 spiro atoms. The van der Waals surface area contributed by atoms with Gasteiger partial charge in [0.25, 0.3) is 0 Å². The molecule has 22 heavy (non-hydrogen) atoms. The van der Waals surface area contributed by atoms with Crippen LogP contribution >= 0.6 is 0 Å². The molecule has 7 heteroatoms. The minimum Gasteiger partial charge on any atom is -0.504 e. The summed E-state index contributed by atoms with van der Waals surface area (Å²) in [6.45, 7) is 1.60. The molecule has 0 bridgehead atoms. The van der Waals surface area contributed by atoms with Gasteiger partial charge in [-0.25, -0.2) is 9.78 Å². The number of urea groups is 1. The predicted octanol–water partition coefficient (Wildman–Crippen LogP) is 1.49. The quantitative estimate of drug-likeness (QED) is 0.676. The Kier molecular flexibility index (Phi) is 5.65. The number of phenols is 1. The Balaban J connectivity index is 1.69. The van der Waals surface area contributed by atoms with Crippen molar-refractivity contribution >= 4 is 6.03 Å². The number of aromatic hydroxyl groups is 1. The molecule has 3 N–H and O–H groups in total. The van der Waals surface area contributed by atoms with Crippen molar-refractivity contribution in [3.63, 3.8) is 0 Å². The number of phenolic OH excluding ortho intramolecular Hbond substituents is 1. The highest BCUT2D eigenvalue weighted by molar-refractivity contribution is 5.73. The number of ether oxygens (including phenoxy) is 1. The van der Waals surface area contributed by atoms with Gasteiger partial charge in [0.15, 0.2) is 11.5 Å². The summed E-state index contributed by atoms with van der Waals surface area (Å²) in [5.41, 5.74) is 0.605. The zero-order valence-electron chi connectivity index (χ0n) is 12.5. The third-order valence-corrected chi connectivity index (χ3v) is 3.18. The number of methoxy groups -OCH3 is 1. The highest BCUT2D eigenvalue weighted by atomic mass is 16.5. The molecule has 0 fully saturated rings. The van der Waals surface area contributed by atoms with Crippen molar-refractivity contribution in [2.24, 2.45) is 0 Å². The zero-order chi connectivity index (χ0) is 15.8. The van der Waals surface area contributed by atoms with Gasteiger partial charge in [-0.15, -0.1) is 0 Å². The summed E-state index contributed by atoms with van der Waals surface area (Å²) in [5, 5.41) is 15.4. The van der Waals surface area contributed by atoms with E-state index in [4.69, 9.17) is 4.74 Å². The number of nitrogens with zero attached hydrogens (tertiary/aromatic N) is 2. The maximum absolute atomic E-state index is 11.7. The lowest BCUT2D eigenvalue weighted by Gasteiger charge is -2.11. The lowest BCUT2D eigenvalue weighted by Crippen LogP contribution is -2.35. The Bertz CT molecular complexity index is 599. The molecule has 1 aromatic carbocycles. The molecule has 0 unspecified atom stereocenters. The normalized spacial score (nSPS) is 10.2. The van der Waals surface area contributed by atoms with Gasteiger partial charge in [-0.3, -0.25) is 0 Å². The number of nitrogens with one attached hydrogen (secondary N) is 2. The summed E-state index contributed by atoms with van der Waals surface area (Å²) in [5.74, 6) is 0.436. The van der Waals surface area contributed by atoms with E-state index in [0.717, 1.165) is 13.0 Å². The Morgan fingerprint density at radius 3 is 3.00 bits per heavy atom. The van der Waals surface area contributed by atoms with E-state index in [9.17, 15) is 9.90 Å². The molecular weight excluding hydrogens is 284 g/mol. The van der Waals surface area contributed by atoms with Crippen molar-refractivity contribution in [1.82, 2.24) is 20.2 Å². The second-order valence-electron chi connectivity index (χ2n) is 4.73. The van der Waals surface area contributed by atoms with Crippen LogP contribution in [0.5, 0.6) is 11.5 Å². The highest BCUT2D eigenvalue weighted by Crippen LogP contribution is 2.28. The van der Waals surface area contributed by atoms with Crippen molar-refractivity contribution in [3.05, 3.63) is 42.5 Å². The fraction of sp³-hybridized carbons (Fsp3) is 0.333. The molecule has 0 aliphatic heterocycles. The number of hydrogen-bond donors (Lipinski definition) is 3. The molecule has 2 rings (SSSR count). The number of amides is 2. The van der Waals surface area contributed by atoms with E-state index in [1.165, 1.54) is 7.11 Å². The van der Waals surface area contributed by atoms with Crippen molar-refractivity contribution in [1.29, 1.82) is 0 Å². The first-order valence-electron chi connectivity index (χ1n) is 7.03. The Labute approximate surface area is 128 Å². The van der Waals surface area contributed by atoms with Crippen LogP contribution in [0.15, 0.2) is 36.9 Å². The molecule has 1 heterocycles. The molecule has 2 amide bonds. The van der Waals surface area contributed by atoms with Crippen LogP contribution in [0.1, 0.15) is 12.0 Å². The maximum atomic E-state index is 11.7. The van der Waals surface area contributed by atoms with Gasteiger partial charge in [0.1, 0.15) is 0 Å². The van der Waals surface area contributed by atoms with Gasteiger partial charge in [-0.2, -0.15) is 0 Å². The molecule has 1 aromatic heterocycles. The van der Waals surface area contributed by atoms with Crippen molar-refractivity contribution in [3.8, 4) is 11.5 Å². The molecule has 0 radical (unpaired) electrons. The Hall–Kier alpha value is -2.70. The Morgan fingerprint density at radius 1 is 1.41 bits per heavy atom. The van der Waals surface area contributed by atoms with Crippen molar-refractivity contribution < 1.29 is 14.6 Å². The third kappa shape index (κ3) is 4.41. The fourth-order valence-corrected chi connectivity index (χ4v) is 2.00. The van der Waals surface area contributed by atoms with E-state index in [-0.39, 0.29) is 18.3 Å². The van der Waals surface area contributed by atoms with Gasteiger partial charge in [-0.1, -0.05) is 12.1 Å². The van der Waals surface area contributed by atoms with Crippen LogP contribution < -0.4 is 15.4 Å². The average molecular weight is 304 g/mol. The molecule has 7 nitrogen and oxygen atoms in total. The summed E-state index contributed by atoms with van der Waals surface area (Å²) in [7, 11) is 1.49. The van der Waals surface area contributed by atoms with Gasteiger partial charge in [0.2, 0.25) is 0 Å². The van der Waals surface area contributed by atoms with Gasteiger partial charge in [0.05, 0.1) is 13.4 Å². The van der Waals surface area contributed by atoms with Crippen LogP contribution in [-0.4, -0.2) is 34.3 Å². The van der Waals surface area contributed by atoms with Crippen LogP contribution in [0, 0.1) is 0 Å². The second kappa shape index (κ2) is 7.92. The number of carbonyl (C=O) groups is 1. The van der Waals surface area contributed by atoms with E-state index in [1.54, 1.807) is 30.7 Å². The van der Waals surface area contributed by atoms with Crippen LogP contribution in [0.3, 0.4) is 0 Å². The predicted molar refractivity (Wildman–Crippen MR) is 81.7 cm³/mol. The van der Waals surface area contributed by atoms with E-state index >= 15 is 0 Å². The lowest BCUT2D eigenvalue weighted by molar-refractivity contribution is 0.240. The number of benzene rings is 1. The smallest absolute Gasteiger partial charge is 0.315 e. The topological polar surface area (TPSA) is 88.4 Å². The largest absolute Gasteiger partial charge is 0.504 e. The van der Waals surface area contributed by atoms with Crippen LogP contribution in [0.25, 0.3) is 0 Å². The monoisotopic (exact) mass is 304 g/mol. The molecule has 0 saturated carbocycles. The number of para-hydroxylation sites is 1. The van der Waals surface area contributed by atoms with Crippen LogP contribution in [0.2, 0.25) is 0 Å².